The molecule has 0 saturated carbocycles. The maximum absolute atomic E-state index is 12.2. The molecule has 1 heterocycles. The molecule has 0 N–H and O–H groups in total. The first-order valence-corrected chi connectivity index (χ1v) is 9.38. The van der Waals surface area contributed by atoms with Crippen LogP contribution in [-0.2, 0) is 22.6 Å². The molecule has 28 heavy (non-hydrogen) atoms. The van der Waals surface area contributed by atoms with Gasteiger partial charge in [-0.1, -0.05) is 36.4 Å². The summed E-state index contributed by atoms with van der Waals surface area (Å²) in [5, 5.41) is 0. The number of esters is 1. The minimum absolute atomic E-state index is 0.103. The number of carbonyl (C=O) groups is 1. The summed E-state index contributed by atoms with van der Waals surface area (Å²) in [6, 6.07) is 13.2. The second-order valence-corrected chi connectivity index (χ2v) is 7.05. The normalized spacial score (nSPS) is 18.5. The molecular formula is C24H29NO3. The van der Waals surface area contributed by atoms with E-state index in [4.69, 9.17) is 17.7 Å². The van der Waals surface area contributed by atoms with Crippen molar-refractivity contribution in [3.63, 3.8) is 0 Å². The Labute approximate surface area is 176 Å². The maximum atomic E-state index is 12.2. The van der Waals surface area contributed by atoms with Crippen LogP contribution in [0.3, 0.4) is 0 Å². The Morgan fingerprint density at radius 2 is 2.07 bits per heavy atom. The van der Waals surface area contributed by atoms with Crippen LogP contribution in [0.25, 0.3) is 5.57 Å². The minimum Gasteiger partial charge on any atom is -0.488 e. The Bertz CT molecular complexity index is 1050. The van der Waals surface area contributed by atoms with Crippen molar-refractivity contribution in [1.29, 1.82) is 0 Å². The van der Waals surface area contributed by atoms with E-state index in [1.807, 2.05) is 48.5 Å². The summed E-state index contributed by atoms with van der Waals surface area (Å²) in [6.45, 7) is -1.71. The highest BCUT2D eigenvalue weighted by Gasteiger charge is 2.20. The number of nitrogens with zero attached hydrogens (tertiary/aromatic N) is 1. The first-order chi connectivity index (χ1) is 15.9. The predicted molar refractivity (Wildman–Crippen MR) is 112 cm³/mol. The van der Waals surface area contributed by atoms with Crippen LogP contribution in [0.2, 0.25) is 0 Å². The van der Waals surface area contributed by atoms with Gasteiger partial charge in [0.2, 0.25) is 0 Å². The molecule has 0 unspecified atom stereocenters. The topological polar surface area (TPSA) is 38.8 Å². The fourth-order valence-electron chi connectivity index (χ4n) is 3.26. The molecule has 0 fully saturated rings. The van der Waals surface area contributed by atoms with Crippen molar-refractivity contribution in [2.75, 3.05) is 20.5 Å². The van der Waals surface area contributed by atoms with Crippen molar-refractivity contribution in [3.8, 4) is 5.75 Å². The number of benzene rings is 2. The maximum Gasteiger partial charge on any atom is 0.310 e. The smallest absolute Gasteiger partial charge is 0.310 e. The number of hydrogen-bond acceptors (Lipinski definition) is 4. The predicted octanol–water partition coefficient (Wildman–Crippen LogP) is 4.46. The Morgan fingerprint density at radius 3 is 2.86 bits per heavy atom. The molecule has 0 saturated heterocycles. The molecule has 0 atom stereocenters. The molecule has 0 radical (unpaired) electrons. The average molecular weight is 386 g/mol. The van der Waals surface area contributed by atoms with Crippen LogP contribution >= 0.6 is 0 Å². The lowest BCUT2D eigenvalue weighted by atomic mass is 9.92. The highest BCUT2D eigenvalue weighted by Crippen LogP contribution is 2.37. The molecule has 4 nitrogen and oxygen atoms in total. The molecule has 4 heteroatoms. The standard InChI is InChI=1S/C24H29NO3/c1-17(2)28-24(26)15-18-11-12-23-22(14-18)21(10-7-13-25(3)4)20-9-6-5-8-19(20)16-27-23/h5-6,8-12,14,17H,7,13,15-16H2,1-4H3/b21-10-/i3D3,4D3. The van der Waals surface area contributed by atoms with Gasteiger partial charge in [-0.2, -0.15) is 0 Å². The zero-order valence-corrected chi connectivity index (χ0v) is 16.2. The molecule has 2 aromatic rings. The van der Waals surface area contributed by atoms with E-state index in [1.165, 1.54) is 0 Å². The van der Waals surface area contributed by atoms with E-state index in [0.717, 1.165) is 27.8 Å². The van der Waals surface area contributed by atoms with Gasteiger partial charge in [0.25, 0.3) is 0 Å². The van der Waals surface area contributed by atoms with E-state index >= 15 is 0 Å². The molecule has 0 spiro atoms. The molecule has 3 rings (SSSR count). The summed E-state index contributed by atoms with van der Waals surface area (Å²) in [5.41, 5.74) is 4.18. The number of ether oxygens (including phenoxy) is 2. The van der Waals surface area contributed by atoms with E-state index < -0.39 is 14.0 Å². The van der Waals surface area contributed by atoms with E-state index in [-0.39, 0.29) is 31.5 Å². The quantitative estimate of drug-likeness (QED) is 0.689. The first kappa shape index (κ1) is 13.6. The summed E-state index contributed by atoms with van der Waals surface area (Å²) in [4.78, 5) is 12.7. The Hall–Kier alpha value is -2.59. The first-order valence-electron chi connectivity index (χ1n) is 12.4. The van der Waals surface area contributed by atoms with Crippen LogP contribution in [-0.4, -0.2) is 37.5 Å². The molecule has 1 aliphatic rings. The van der Waals surface area contributed by atoms with Gasteiger partial charge in [-0.25, -0.2) is 0 Å². The van der Waals surface area contributed by atoms with Crippen LogP contribution in [0.1, 0.15) is 50.7 Å². The zero-order valence-electron chi connectivity index (χ0n) is 22.2. The van der Waals surface area contributed by atoms with Crippen molar-refractivity contribution in [3.05, 3.63) is 70.8 Å². The molecule has 0 aliphatic carbocycles. The van der Waals surface area contributed by atoms with Gasteiger partial charge >= 0.3 is 5.97 Å². The van der Waals surface area contributed by atoms with Gasteiger partial charge in [-0.3, -0.25) is 4.79 Å². The summed E-state index contributed by atoms with van der Waals surface area (Å²) in [5.74, 6) is 0.299. The molecule has 148 valence electrons. The number of rotatable bonds is 6. The van der Waals surface area contributed by atoms with Gasteiger partial charge in [0.1, 0.15) is 12.4 Å². The largest absolute Gasteiger partial charge is 0.488 e. The van der Waals surface area contributed by atoms with Gasteiger partial charge in [-0.05, 0) is 68.6 Å². The minimum atomic E-state index is -2.74. The van der Waals surface area contributed by atoms with Crippen LogP contribution in [0, 0.1) is 0 Å². The van der Waals surface area contributed by atoms with E-state index in [0.29, 0.717) is 17.3 Å². The highest BCUT2D eigenvalue weighted by molar-refractivity contribution is 5.85. The zero-order chi connectivity index (χ0) is 25.1. The van der Waals surface area contributed by atoms with Crippen molar-refractivity contribution in [2.45, 2.75) is 39.4 Å². The Kier molecular flexibility index (Phi) is 4.39. The van der Waals surface area contributed by atoms with Crippen molar-refractivity contribution in [2.24, 2.45) is 0 Å². The average Bonchev–Trinajstić information content (AvgIpc) is 2.85. The van der Waals surface area contributed by atoms with Gasteiger partial charge < -0.3 is 14.4 Å². The third kappa shape index (κ3) is 5.02. The molecule has 1 aliphatic heterocycles. The van der Waals surface area contributed by atoms with Crippen molar-refractivity contribution < 1.29 is 22.5 Å². The van der Waals surface area contributed by atoms with E-state index in [2.05, 4.69) is 0 Å². The fraction of sp³-hybridized carbons (Fsp3) is 0.375. The summed E-state index contributed by atoms with van der Waals surface area (Å²) in [7, 11) is 0. The van der Waals surface area contributed by atoms with E-state index in [9.17, 15) is 4.79 Å². The number of fused-ring (bicyclic) bond motifs is 2. The van der Waals surface area contributed by atoms with Gasteiger partial charge in [-0.15, -0.1) is 0 Å². The third-order valence-corrected chi connectivity index (χ3v) is 4.44. The SMILES string of the molecule is [2H]C([2H])([2H])N(CC/C=C1/c2ccccc2COc2ccc(CC(=O)OC(C)C)cc21)C([2H])([2H])[2H]. The van der Waals surface area contributed by atoms with E-state index in [1.54, 1.807) is 13.8 Å². The molecule has 0 aromatic heterocycles. The van der Waals surface area contributed by atoms with Crippen molar-refractivity contribution >= 4 is 11.5 Å². The number of hydrogen-bond donors (Lipinski definition) is 0. The second-order valence-electron chi connectivity index (χ2n) is 7.05. The van der Waals surface area contributed by atoms with Gasteiger partial charge in [0.15, 0.2) is 0 Å². The molecule has 0 bridgehead atoms. The Morgan fingerprint density at radius 1 is 1.25 bits per heavy atom. The highest BCUT2D eigenvalue weighted by atomic mass is 16.5. The lowest BCUT2D eigenvalue weighted by molar-refractivity contribution is -0.146. The van der Waals surface area contributed by atoms with Crippen LogP contribution in [0.4, 0.5) is 0 Å². The second kappa shape index (κ2) is 9.07. The van der Waals surface area contributed by atoms with Gasteiger partial charge in [0, 0.05) is 20.3 Å². The monoisotopic (exact) mass is 385 g/mol. The molecule has 2 aromatic carbocycles. The third-order valence-electron chi connectivity index (χ3n) is 4.44. The lowest BCUT2D eigenvalue weighted by Crippen LogP contribution is -2.13. The van der Waals surface area contributed by atoms with Crippen LogP contribution in [0.15, 0.2) is 48.5 Å². The fourth-order valence-corrected chi connectivity index (χ4v) is 3.26. The summed E-state index contributed by atoms with van der Waals surface area (Å²) in [6.07, 6.45) is 1.93. The molecular weight excluding hydrogens is 350 g/mol. The number of carbonyl (C=O) groups excluding carboxylic acids is 1. The van der Waals surface area contributed by atoms with Gasteiger partial charge in [0.05, 0.1) is 12.5 Å². The van der Waals surface area contributed by atoms with Crippen LogP contribution in [0.5, 0.6) is 5.75 Å². The summed E-state index contributed by atoms with van der Waals surface area (Å²) >= 11 is 0. The molecule has 0 amide bonds. The Balaban J connectivity index is 1.98. The van der Waals surface area contributed by atoms with Crippen molar-refractivity contribution in [1.82, 2.24) is 4.90 Å². The van der Waals surface area contributed by atoms with Crippen LogP contribution < -0.4 is 4.74 Å². The summed E-state index contributed by atoms with van der Waals surface area (Å²) < 4.78 is 56.8. The lowest BCUT2D eigenvalue weighted by Gasteiger charge is -2.14.